The van der Waals surface area contributed by atoms with Crippen molar-refractivity contribution >= 4 is 29.7 Å². The highest BCUT2D eigenvalue weighted by Gasteiger charge is 2.45. The van der Waals surface area contributed by atoms with Crippen LogP contribution in [-0.4, -0.2) is 53.4 Å². The molecular formula is C36H50F2N6O4. The van der Waals surface area contributed by atoms with Crippen molar-refractivity contribution in [1.29, 1.82) is 5.41 Å². The summed E-state index contributed by atoms with van der Waals surface area (Å²) in [5.41, 5.74) is -0.0510. The number of benzene rings is 2. The smallest absolute Gasteiger partial charge is 0.275 e. The summed E-state index contributed by atoms with van der Waals surface area (Å²) in [4.78, 5) is 54.7. The number of hydrogen-bond donors (Lipinski definition) is 6. The number of halogens is 2. The molecule has 0 aromatic heterocycles. The summed E-state index contributed by atoms with van der Waals surface area (Å²) in [6.45, 7) is 9.00. The second kappa shape index (κ2) is 17.2. The van der Waals surface area contributed by atoms with E-state index in [1.54, 1.807) is 39.8 Å². The van der Waals surface area contributed by atoms with E-state index in [9.17, 15) is 28.0 Å². The van der Waals surface area contributed by atoms with Gasteiger partial charge in [-0.2, -0.15) is 4.39 Å². The molecule has 0 aliphatic heterocycles. The predicted molar refractivity (Wildman–Crippen MR) is 181 cm³/mol. The van der Waals surface area contributed by atoms with Crippen LogP contribution in [0.2, 0.25) is 0 Å². The largest absolute Gasteiger partial charge is 0.347 e. The van der Waals surface area contributed by atoms with Crippen LogP contribution in [-0.2, 0) is 19.2 Å². The Morgan fingerprint density at radius 3 is 1.98 bits per heavy atom. The highest BCUT2D eigenvalue weighted by atomic mass is 19.1. The second-order valence-corrected chi connectivity index (χ2v) is 13.0. The van der Waals surface area contributed by atoms with E-state index < -0.39 is 52.8 Å². The molecule has 2 aromatic rings. The van der Waals surface area contributed by atoms with Crippen LogP contribution in [0.25, 0.3) is 0 Å². The van der Waals surface area contributed by atoms with Crippen LogP contribution in [0, 0.1) is 24.1 Å². The maximum absolute atomic E-state index is 14.2. The minimum atomic E-state index is -1.28. The van der Waals surface area contributed by atoms with Gasteiger partial charge in [0, 0.05) is 12.5 Å². The van der Waals surface area contributed by atoms with E-state index in [-0.39, 0.29) is 44.1 Å². The zero-order chi connectivity index (χ0) is 35.5. The van der Waals surface area contributed by atoms with Crippen LogP contribution >= 0.6 is 0 Å². The summed E-state index contributed by atoms with van der Waals surface area (Å²) in [5, 5.41) is 21.0. The number of nitrogens with one attached hydrogen (secondary N) is 6. The zero-order valence-corrected chi connectivity index (χ0v) is 28.6. The van der Waals surface area contributed by atoms with Crippen LogP contribution in [0.4, 0.5) is 8.78 Å². The van der Waals surface area contributed by atoms with Gasteiger partial charge in [0.15, 0.2) is 0 Å². The molecule has 48 heavy (non-hydrogen) atoms. The van der Waals surface area contributed by atoms with Gasteiger partial charge in [-0.25, -0.2) is 4.39 Å². The van der Waals surface area contributed by atoms with E-state index >= 15 is 0 Å². The van der Waals surface area contributed by atoms with E-state index in [4.69, 9.17) is 5.41 Å². The number of amides is 4. The van der Waals surface area contributed by atoms with E-state index in [1.165, 1.54) is 12.1 Å². The molecule has 4 amide bonds. The highest BCUT2D eigenvalue weighted by Crippen LogP contribution is 2.32. The second-order valence-electron chi connectivity index (χ2n) is 13.0. The van der Waals surface area contributed by atoms with Crippen molar-refractivity contribution < 1.29 is 28.0 Å². The van der Waals surface area contributed by atoms with Crippen molar-refractivity contribution in [2.24, 2.45) is 5.92 Å². The van der Waals surface area contributed by atoms with Crippen molar-refractivity contribution in [3.8, 4) is 0 Å². The minimum Gasteiger partial charge on any atom is -0.347 e. The monoisotopic (exact) mass is 668 g/mol. The first kappa shape index (κ1) is 38.1. The topological polar surface area (TPSA) is 152 Å². The quantitative estimate of drug-likeness (QED) is 0.0654. The van der Waals surface area contributed by atoms with Crippen molar-refractivity contribution in [3.63, 3.8) is 0 Å². The van der Waals surface area contributed by atoms with Gasteiger partial charge in [0.25, 0.3) is 6.09 Å². The van der Waals surface area contributed by atoms with Crippen molar-refractivity contribution in [1.82, 2.24) is 26.6 Å². The fourth-order valence-electron chi connectivity index (χ4n) is 6.01. The number of carbonyl (C=O) groups excluding carboxylic acids is 4. The van der Waals surface area contributed by atoms with Crippen LogP contribution < -0.4 is 26.6 Å². The predicted octanol–water partition coefficient (Wildman–Crippen LogP) is 4.86. The molecule has 12 heteroatoms. The maximum atomic E-state index is 14.2. The van der Waals surface area contributed by atoms with E-state index in [1.807, 2.05) is 31.2 Å². The average molecular weight is 669 g/mol. The van der Waals surface area contributed by atoms with E-state index in [2.05, 4.69) is 26.6 Å². The van der Waals surface area contributed by atoms with Crippen LogP contribution in [0.3, 0.4) is 0 Å². The van der Waals surface area contributed by atoms with Gasteiger partial charge in [-0.3, -0.25) is 24.6 Å². The molecule has 0 bridgehead atoms. The van der Waals surface area contributed by atoms with E-state index in [0.29, 0.717) is 31.2 Å². The van der Waals surface area contributed by atoms with Crippen LogP contribution in [0.15, 0.2) is 48.5 Å². The molecule has 262 valence electrons. The summed E-state index contributed by atoms with van der Waals surface area (Å²) >= 11 is 0. The maximum Gasteiger partial charge on any atom is 0.275 e. The first-order valence-electron chi connectivity index (χ1n) is 16.8. The van der Waals surface area contributed by atoms with Crippen molar-refractivity contribution in [2.75, 3.05) is 6.54 Å². The third kappa shape index (κ3) is 9.84. The van der Waals surface area contributed by atoms with Gasteiger partial charge >= 0.3 is 0 Å². The molecule has 0 radical (unpaired) electrons. The Morgan fingerprint density at radius 1 is 0.896 bits per heavy atom. The zero-order valence-electron chi connectivity index (χ0n) is 28.6. The lowest BCUT2D eigenvalue weighted by molar-refractivity contribution is -0.139. The van der Waals surface area contributed by atoms with Crippen molar-refractivity contribution in [2.45, 2.75) is 109 Å². The Kier molecular flexibility index (Phi) is 13.6. The van der Waals surface area contributed by atoms with Crippen LogP contribution in [0.1, 0.15) is 102 Å². The molecule has 0 saturated heterocycles. The van der Waals surface area contributed by atoms with Gasteiger partial charge in [0.1, 0.15) is 22.9 Å². The Balaban J connectivity index is 1.90. The van der Waals surface area contributed by atoms with Gasteiger partial charge in [0.2, 0.25) is 23.6 Å². The first-order chi connectivity index (χ1) is 22.8. The first-order valence-corrected chi connectivity index (χ1v) is 16.8. The third-order valence-corrected chi connectivity index (χ3v) is 9.24. The fraction of sp³-hybridized carbons (Fsp3) is 0.528. The summed E-state index contributed by atoms with van der Waals surface area (Å²) in [5.74, 6) is -2.59. The molecule has 1 aliphatic carbocycles. The molecule has 2 aromatic carbocycles. The SMILES string of the molecule is CCC(CC)(NC(=O)C(C)C)C(=O)N[C@@H](CCCNC(=N)F)C(=O)NC1(C(=O)NC(c2ccc(C)cc2)c2ccc(F)cc2)CCCC1. The van der Waals surface area contributed by atoms with Gasteiger partial charge in [-0.1, -0.05) is 82.5 Å². The molecular weight excluding hydrogens is 618 g/mol. The van der Waals surface area contributed by atoms with Gasteiger partial charge in [-0.05, 0) is 68.7 Å². The normalized spacial score (nSPS) is 15.2. The number of amidine groups is 1. The highest BCUT2D eigenvalue weighted by molar-refractivity contribution is 5.97. The Labute approximate surface area is 282 Å². The lowest BCUT2D eigenvalue weighted by Crippen LogP contribution is -2.64. The number of aryl methyl sites for hydroxylation is 1. The third-order valence-electron chi connectivity index (χ3n) is 9.24. The molecule has 3 rings (SSSR count). The van der Waals surface area contributed by atoms with Crippen molar-refractivity contribution in [3.05, 3.63) is 71.0 Å². The lowest BCUT2D eigenvalue weighted by Gasteiger charge is -2.36. The van der Waals surface area contributed by atoms with Gasteiger partial charge in [0.05, 0.1) is 6.04 Å². The number of carbonyl (C=O) groups is 4. The van der Waals surface area contributed by atoms with Gasteiger partial charge in [-0.15, -0.1) is 0 Å². The number of hydrogen-bond acceptors (Lipinski definition) is 5. The Bertz CT molecular complexity index is 1380. The molecule has 1 aliphatic rings. The molecule has 2 atom stereocenters. The molecule has 10 nitrogen and oxygen atoms in total. The molecule has 0 heterocycles. The minimum absolute atomic E-state index is 0.0489. The molecule has 1 saturated carbocycles. The van der Waals surface area contributed by atoms with E-state index in [0.717, 1.165) is 11.1 Å². The Morgan fingerprint density at radius 2 is 1.46 bits per heavy atom. The number of rotatable bonds is 16. The van der Waals surface area contributed by atoms with Gasteiger partial charge < -0.3 is 26.6 Å². The Hall–Kier alpha value is -4.35. The summed E-state index contributed by atoms with van der Waals surface area (Å²) < 4.78 is 26.9. The van der Waals surface area contributed by atoms with Crippen LogP contribution in [0.5, 0.6) is 0 Å². The summed E-state index contributed by atoms with van der Waals surface area (Å²) in [7, 11) is 0. The summed E-state index contributed by atoms with van der Waals surface area (Å²) in [6, 6.07) is 11.8. The fourth-order valence-corrected chi connectivity index (χ4v) is 6.01. The molecule has 6 N–H and O–H groups in total. The summed E-state index contributed by atoms with van der Waals surface area (Å²) in [6.07, 6.45) is 1.77. The molecule has 1 fully saturated rings. The standard InChI is InChI=1S/C36H50F2N6O4/c1-6-35(7-2,43-30(45)23(3)4)32(47)41-28(11-10-22-40-34(38)39)31(46)44-36(20-8-9-21-36)33(48)42-29(25-14-12-24(5)13-15-25)26-16-18-27(37)19-17-26/h12-19,23,28-29H,6-11,20-22H2,1-5H3,(H2,39,40)(H,41,47)(H,42,48)(H,43,45)(H,44,46)/t28-,29?/m0/s1. The molecule has 1 unspecified atom stereocenters. The lowest BCUT2D eigenvalue weighted by atomic mass is 9.89. The average Bonchev–Trinajstić information content (AvgIpc) is 3.54. The molecule has 0 spiro atoms.